The number of aliphatic hydroxyl groups is 1. The number of aliphatic hydroxyl groups excluding tert-OH is 1. The number of esters is 1. The zero-order chi connectivity index (χ0) is 26.9. The first-order valence-electron chi connectivity index (χ1n) is 13.0. The third-order valence-corrected chi connectivity index (χ3v) is 6.73. The number of aryl methyl sites for hydroxylation is 1. The lowest BCUT2D eigenvalue weighted by atomic mass is 9.93. The Hall–Kier alpha value is -4.02. The molecule has 0 aliphatic heterocycles. The van der Waals surface area contributed by atoms with Gasteiger partial charge in [0.15, 0.2) is 0 Å². The Morgan fingerprint density at radius 2 is 1.45 bits per heavy atom. The zero-order valence-corrected chi connectivity index (χ0v) is 21.8. The number of ether oxygens (including phenoxy) is 1. The highest BCUT2D eigenvalue weighted by Crippen LogP contribution is 2.33. The normalized spacial score (nSPS) is 10.8. The molecule has 0 heterocycles. The number of carbonyl (C=O) groups excluding carboxylic acids is 1. The van der Waals surface area contributed by atoms with Gasteiger partial charge in [0.2, 0.25) is 0 Å². The molecule has 0 aromatic heterocycles. The molecule has 0 aliphatic carbocycles. The number of hydrogen-bond donors (Lipinski definition) is 1. The Labute approximate surface area is 224 Å². The Bertz CT molecular complexity index is 1390. The summed E-state index contributed by atoms with van der Waals surface area (Å²) in [4.78, 5) is 11.8. The minimum atomic E-state index is -0.509. The highest BCUT2D eigenvalue weighted by molar-refractivity contribution is 5.82. The molecule has 0 amide bonds. The summed E-state index contributed by atoms with van der Waals surface area (Å²) in [6.45, 7) is 5.68. The average Bonchev–Trinajstić information content (AvgIpc) is 2.96. The molecule has 0 aliphatic rings. The summed E-state index contributed by atoms with van der Waals surface area (Å²) < 4.78 is 20.6. The van der Waals surface area contributed by atoms with Crippen LogP contribution in [0.5, 0.6) is 0 Å². The van der Waals surface area contributed by atoms with Crippen LogP contribution >= 0.6 is 0 Å². The van der Waals surface area contributed by atoms with Gasteiger partial charge in [-0.05, 0) is 69.5 Å². The van der Waals surface area contributed by atoms with E-state index in [1.165, 1.54) is 30.9 Å². The van der Waals surface area contributed by atoms with E-state index in [2.05, 4.69) is 37.8 Å². The minimum absolute atomic E-state index is 0.0507. The number of carbonyl (C=O) groups is 1. The lowest BCUT2D eigenvalue weighted by Gasteiger charge is -2.14. The van der Waals surface area contributed by atoms with Crippen LogP contribution in [0.4, 0.5) is 4.39 Å². The first kappa shape index (κ1) is 27.0. The van der Waals surface area contributed by atoms with Crippen molar-refractivity contribution in [3.63, 3.8) is 0 Å². The largest absolute Gasteiger partial charge is 0.458 e. The standard InChI is InChI=1S/C34H33FO3/c1-3-5-6-7-24-8-12-26(13-9-24)28-16-18-31(30(20-28)23-38-34(37)4-2)29-17-19-32(33(35)21-29)27-14-10-25(22-36)11-15-27/h4,8-21,36H,2-3,5-7,22-23H2,1H3. The van der Waals surface area contributed by atoms with Gasteiger partial charge in [0, 0.05) is 11.6 Å². The predicted molar refractivity (Wildman–Crippen MR) is 152 cm³/mol. The summed E-state index contributed by atoms with van der Waals surface area (Å²) in [5.74, 6) is -0.860. The van der Waals surface area contributed by atoms with Gasteiger partial charge < -0.3 is 9.84 Å². The van der Waals surface area contributed by atoms with Crippen LogP contribution in [0, 0.1) is 5.82 Å². The Morgan fingerprint density at radius 3 is 2.11 bits per heavy atom. The monoisotopic (exact) mass is 508 g/mol. The fourth-order valence-electron chi connectivity index (χ4n) is 4.53. The van der Waals surface area contributed by atoms with Gasteiger partial charge in [-0.2, -0.15) is 0 Å². The first-order chi connectivity index (χ1) is 18.5. The van der Waals surface area contributed by atoms with Crippen molar-refractivity contribution in [2.24, 2.45) is 0 Å². The van der Waals surface area contributed by atoms with Crippen molar-refractivity contribution in [3.8, 4) is 33.4 Å². The number of hydrogen-bond acceptors (Lipinski definition) is 3. The summed E-state index contributed by atoms with van der Waals surface area (Å²) in [5.41, 5.74) is 7.65. The van der Waals surface area contributed by atoms with E-state index in [9.17, 15) is 9.90 Å². The molecule has 0 fully saturated rings. The molecule has 0 saturated heterocycles. The minimum Gasteiger partial charge on any atom is -0.458 e. The molecule has 38 heavy (non-hydrogen) atoms. The van der Waals surface area contributed by atoms with Gasteiger partial charge in [0.05, 0.1) is 6.61 Å². The van der Waals surface area contributed by atoms with Gasteiger partial charge in [0.25, 0.3) is 0 Å². The van der Waals surface area contributed by atoms with E-state index in [1.54, 1.807) is 30.3 Å². The zero-order valence-electron chi connectivity index (χ0n) is 21.8. The van der Waals surface area contributed by atoms with Crippen LogP contribution in [0.25, 0.3) is 33.4 Å². The van der Waals surface area contributed by atoms with E-state index >= 15 is 4.39 Å². The van der Waals surface area contributed by atoms with Gasteiger partial charge in [-0.3, -0.25) is 0 Å². The first-order valence-corrected chi connectivity index (χ1v) is 13.0. The van der Waals surface area contributed by atoms with Crippen molar-refractivity contribution in [2.45, 2.75) is 45.8 Å². The second-order valence-electron chi connectivity index (χ2n) is 9.39. The maximum Gasteiger partial charge on any atom is 0.330 e. The molecule has 4 rings (SSSR count). The highest BCUT2D eigenvalue weighted by Gasteiger charge is 2.13. The second kappa shape index (κ2) is 13.0. The van der Waals surface area contributed by atoms with Crippen molar-refractivity contribution in [3.05, 3.63) is 120 Å². The summed E-state index contributed by atoms with van der Waals surface area (Å²) in [6, 6.07) is 26.8. The van der Waals surface area contributed by atoms with E-state index in [0.29, 0.717) is 11.1 Å². The number of halogens is 1. The topological polar surface area (TPSA) is 46.5 Å². The Kier molecular flexibility index (Phi) is 9.23. The predicted octanol–water partition coefficient (Wildman–Crippen LogP) is 8.28. The van der Waals surface area contributed by atoms with Crippen LogP contribution < -0.4 is 0 Å². The molecule has 194 valence electrons. The molecule has 0 unspecified atom stereocenters. The van der Waals surface area contributed by atoms with Crippen LogP contribution in [-0.4, -0.2) is 11.1 Å². The quantitative estimate of drug-likeness (QED) is 0.126. The lowest BCUT2D eigenvalue weighted by Crippen LogP contribution is -2.02. The smallest absolute Gasteiger partial charge is 0.330 e. The molecule has 4 aromatic rings. The molecule has 4 aromatic carbocycles. The van der Waals surface area contributed by atoms with Crippen LogP contribution in [0.3, 0.4) is 0 Å². The Morgan fingerprint density at radius 1 is 0.816 bits per heavy atom. The lowest BCUT2D eigenvalue weighted by molar-refractivity contribution is -0.138. The fraction of sp³-hybridized carbons (Fsp3) is 0.206. The second-order valence-corrected chi connectivity index (χ2v) is 9.39. The summed E-state index contributed by atoms with van der Waals surface area (Å²) in [7, 11) is 0. The van der Waals surface area contributed by atoms with Crippen LogP contribution in [0.2, 0.25) is 0 Å². The molecular weight excluding hydrogens is 475 g/mol. The molecule has 1 N–H and O–H groups in total. The highest BCUT2D eigenvalue weighted by atomic mass is 19.1. The summed E-state index contributed by atoms with van der Waals surface area (Å²) >= 11 is 0. The van der Waals surface area contributed by atoms with Gasteiger partial charge in [0.1, 0.15) is 12.4 Å². The summed E-state index contributed by atoms with van der Waals surface area (Å²) in [5, 5.41) is 9.27. The maximum absolute atomic E-state index is 15.2. The van der Waals surface area contributed by atoms with Crippen molar-refractivity contribution in [2.75, 3.05) is 0 Å². The van der Waals surface area contributed by atoms with E-state index in [-0.39, 0.29) is 19.0 Å². The molecule has 0 spiro atoms. The van der Waals surface area contributed by atoms with E-state index < -0.39 is 5.97 Å². The van der Waals surface area contributed by atoms with Crippen molar-refractivity contribution >= 4 is 5.97 Å². The van der Waals surface area contributed by atoms with Gasteiger partial charge in [-0.25, -0.2) is 9.18 Å². The van der Waals surface area contributed by atoms with Crippen molar-refractivity contribution in [1.82, 2.24) is 0 Å². The molecule has 3 nitrogen and oxygen atoms in total. The average molecular weight is 509 g/mol. The van der Waals surface area contributed by atoms with Crippen molar-refractivity contribution < 1.29 is 19.0 Å². The Balaban J connectivity index is 1.65. The third kappa shape index (κ3) is 6.64. The number of rotatable bonds is 11. The fourth-order valence-corrected chi connectivity index (χ4v) is 4.53. The molecule has 0 saturated carbocycles. The van der Waals surface area contributed by atoms with Gasteiger partial charge in [-0.15, -0.1) is 0 Å². The third-order valence-electron chi connectivity index (χ3n) is 6.73. The van der Waals surface area contributed by atoms with E-state index in [0.717, 1.165) is 45.9 Å². The van der Waals surface area contributed by atoms with E-state index in [1.807, 2.05) is 24.3 Å². The van der Waals surface area contributed by atoms with Crippen LogP contribution in [0.15, 0.2) is 97.6 Å². The van der Waals surface area contributed by atoms with E-state index in [4.69, 9.17) is 4.74 Å². The molecule has 0 atom stereocenters. The number of benzene rings is 4. The van der Waals surface area contributed by atoms with Gasteiger partial charge in [-0.1, -0.05) is 99.1 Å². The molecule has 0 bridgehead atoms. The van der Waals surface area contributed by atoms with Crippen molar-refractivity contribution in [1.29, 1.82) is 0 Å². The summed E-state index contributed by atoms with van der Waals surface area (Å²) in [6.07, 6.45) is 5.83. The maximum atomic E-state index is 15.2. The van der Waals surface area contributed by atoms with Gasteiger partial charge >= 0.3 is 5.97 Å². The molecule has 4 heteroatoms. The molecular formula is C34H33FO3. The van der Waals surface area contributed by atoms with Crippen LogP contribution in [0.1, 0.15) is 42.9 Å². The number of unbranched alkanes of at least 4 members (excludes halogenated alkanes) is 2. The molecule has 0 radical (unpaired) electrons. The SMILES string of the molecule is C=CC(=O)OCc1cc(-c2ccc(CCCCC)cc2)ccc1-c1ccc(-c2ccc(CO)cc2)c(F)c1. The van der Waals surface area contributed by atoms with Crippen LogP contribution in [-0.2, 0) is 29.2 Å².